The molecule has 0 N–H and O–H groups in total. The Balaban J connectivity index is 1.61. The summed E-state index contributed by atoms with van der Waals surface area (Å²) in [7, 11) is 2.10. The summed E-state index contributed by atoms with van der Waals surface area (Å²) in [6.07, 6.45) is 4.21. The van der Waals surface area contributed by atoms with Crippen molar-refractivity contribution in [2.75, 3.05) is 13.1 Å². The van der Waals surface area contributed by atoms with Gasteiger partial charge >= 0.3 is 0 Å². The third-order valence-electron chi connectivity index (χ3n) is 4.36. The van der Waals surface area contributed by atoms with Gasteiger partial charge < -0.3 is 9.40 Å². The number of oxime groups is 1. The Morgan fingerprint density at radius 3 is 2.95 bits per heavy atom. The Labute approximate surface area is 115 Å². The fraction of sp³-hybridized carbons (Fsp3) is 0.667. The van der Waals surface area contributed by atoms with E-state index in [9.17, 15) is 0 Å². The van der Waals surface area contributed by atoms with Crippen molar-refractivity contribution < 1.29 is 4.84 Å². The normalized spacial score (nSPS) is 27.3. The highest BCUT2D eigenvalue weighted by Gasteiger charge is 2.45. The van der Waals surface area contributed by atoms with Gasteiger partial charge in [-0.2, -0.15) is 0 Å². The molecule has 2 aliphatic heterocycles. The van der Waals surface area contributed by atoms with E-state index in [1.807, 2.05) is 0 Å². The highest BCUT2D eigenvalue weighted by Crippen LogP contribution is 2.35. The standard InChI is InChI=1S/C15H23N3O/c1-12(2)14-9-15(19-16-14)6-8-18(11-15)10-13-5-4-7-17(13)3/h4-5,7,12H,6,8-11H2,1-3H3. The van der Waals surface area contributed by atoms with Crippen LogP contribution < -0.4 is 0 Å². The van der Waals surface area contributed by atoms with Crippen LogP contribution >= 0.6 is 0 Å². The summed E-state index contributed by atoms with van der Waals surface area (Å²) in [5.74, 6) is 0.501. The van der Waals surface area contributed by atoms with Crippen molar-refractivity contribution in [1.82, 2.24) is 9.47 Å². The van der Waals surface area contributed by atoms with Gasteiger partial charge in [-0.15, -0.1) is 0 Å². The minimum absolute atomic E-state index is 0.0369. The second kappa shape index (κ2) is 4.67. The van der Waals surface area contributed by atoms with Crippen LogP contribution in [0.1, 0.15) is 32.4 Å². The molecule has 0 saturated carbocycles. The van der Waals surface area contributed by atoms with Crippen molar-refractivity contribution in [2.24, 2.45) is 18.1 Å². The van der Waals surface area contributed by atoms with Crippen LogP contribution in [0.25, 0.3) is 0 Å². The van der Waals surface area contributed by atoms with Gasteiger partial charge in [0.1, 0.15) is 0 Å². The lowest BCUT2D eigenvalue weighted by Crippen LogP contribution is -2.34. The van der Waals surface area contributed by atoms with E-state index in [0.717, 1.165) is 32.5 Å². The van der Waals surface area contributed by atoms with Gasteiger partial charge in [-0.25, -0.2) is 0 Å². The summed E-state index contributed by atoms with van der Waals surface area (Å²) in [4.78, 5) is 8.27. The molecule has 1 aromatic heterocycles. The van der Waals surface area contributed by atoms with E-state index in [-0.39, 0.29) is 5.60 Å². The third kappa shape index (κ3) is 2.41. The second-order valence-electron chi connectivity index (χ2n) is 6.26. The quantitative estimate of drug-likeness (QED) is 0.836. The zero-order valence-electron chi connectivity index (χ0n) is 12.1. The van der Waals surface area contributed by atoms with Crippen molar-refractivity contribution in [1.29, 1.82) is 0 Å². The topological polar surface area (TPSA) is 29.8 Å². The van der Waals surface area contributed by atoms with Crippen LogP contribution in [-0.2, 0) is 18.4 Å². The number of aromatic nitrogens is 1. The highest BCUT2D eigenvalue weighted by molar-refractivity contribution is 5.87. The lowest BCUT2D eigenvalue weighted by Gasteiger charge is -2.22. The lowest BCUT2D eigenvalue weighted by molar-refractivity contribution is -0.0106. The maximum Gasteiger partial charge on any atom is 0.156 e. The van der Waals surface area contributed by atoms with E-state index in [4.69, 9.17) is 4.84 Å². The molecule has 1 spiro atoms. The first kappa shape index (κ1) is 12.7. The van der Waals surface area contributed by atoms with Gasteiger partial charge in [0, 0.05) is 51.4 Å². The van der Waals surface area contributed by atoms with Crippen LogP contribution in [0.4, 0.5) is 0 Å². The first-order valence-corrected chi connectivity index (χ1v) is 7.15. The van der Waals surface area contributed by atoms with E-state index in [0.29, 0.717) is 5.92 Å². The van der Waals surface area contributed by atoms with Crippen LogP contribution in [-0.4, -0.2) is 33.9 Å². The Morgan fingerprint density at radius 2 is 2.32 bits per heavy atom. The van der Waals surface area contributed by atoms with E-state index in [1.165, 1.54) is 11.4 Å². The molecule has 19 heavy (non-hydrogen) atoms. The van der Waals surface area contributed by atoms with Crippen LogP contribution in [0.3, 0.4) is 0 Å². The monoisotopic (exact) mass is 261 g/mol. The molecule has 1 unspecified atom stereocenters. The Hall–Kier alpha value is -1.29. The molecule has 1 aromatic rings. The Bertz CT molecular complexity index is 491. The van der Waals surface area contributed by atoms with Crippen molar-refractivity contribution in [3.05, 3.63) is 24.0 Å². The molecule has 1 saturated heterocycles. The summed E-state index contributed by atoms with van der Waals surface area (Å²) in [5, 5.41) is 4.30. The summed E-state index contributed by atoms with van der Waals surface area (Å²) in [5.41, 5.74) is 2.55. The number of hydrogen-bond donors (Lipinski definition) is 0. The van der Waals surface area contributed by atoms with Crippen LogP contribution in [0, 0.1) is 5.92 Å². The van der Waals surface area contributed by atoms with Gasteiger partial charge in [0.15, 0.2) is 5.60 Å². The van der Waals surface area contributed by atoms with Crippen LogP contribution in [0.5, 0.6) is 0 Å². The van der Waals surface area contributed by atoms with Crippen molar-refractivity contribution in [2.45, 2.75) is 38.8 Å². The first-order chi connectivity index (χ1) is 9.08. The number of likely N-dealkylation sites (tertiary alicyclic amines) is 1. The fourth-order valence-electron chi connectivity index (χ4n) is 3.03. The minimum atomic E-state index is -0.0369. The van der Waals surface area contributed by atoms with E-state index >= 15 is 0 Å². The number of aryl methyl sites for hydroxylation is 1. The third-order valence-corrected chi connectivity index (χ3v) is 4.36. The summed E-state index contributed by atoms with van der Waals surface area (Å²) in [6, 6.07) is 4.30. The molecular weight excluding hydrogens is 238 g/mol. The van der Waals surface area contributed by atoms with Crippen molar-refractivity contribution in [3.8, 4) is 0 Å². The van der Waals surface area contributed by atoms with Gasteiger partial charge in [-0.1, -0.05) is 19.0 Å². The smallest absolute Gasteiger partial charge is 0.156 e. The zero-order chi connectivity index (χ0) is 13.5. The molecule has 104 valence electrons. The van der Waals surface area contributed by atoms with Gasteiger partial charge in [0.25, 0.3) is 0 Å². The molecule has 4 heteroatoms. The Kier molecular flexibility index (Phi) is 3.13. The van der Waals surface area contributed by atoms with Gasteiger partial charge in [0.2, 0.25) is 0 Å². The molecule has 3 heterocycles. The zero-order valence-corrected chi connectivity index (χ0v) is 12.1. The molecule has 4 nitrogen and oxygen atoms in total. The van der Waals surface area contributed by atoms with E-state index < -0.39 is 0 Å². The predicted molar refractivity (Wildman–Crippen MR) is 76.0 cm³/mol. The lowest BCUT2D eigenvalue weighted by atomic mass is 9.92. The largest absolute Gasteiger partial charge is 0.387 e. The number of rotatable bonds is 3. The second-order valence-corrected chi connectivity index (χ2v) is 6.26. The summed E-state index contributed by atoms with van der Waals surface area (Å²) in [6.45, 7) is 7.49. The molecule has 1 atom stereocenters. The molecule has 0 radical (unpaired) electrons. The van der Waals surface area contributed by atoms with E-state index in [1.54, 1.807) is 0 Å². The molecule has 3 rings (SSSR count). The maximum atomic E-state index is 5.79. The fourth-order valence-corrected chi connectivity index (χ4v) is 3.03. The average Bonchev–Trinajstić information content (AvgIpc) is 3.05. The SMILES string of the molecule is CC(C)C1=NOC2(CCN(Cc3cccn3C)C2)C1. The number of nitrogens with zero attached hydrogens (tertiary/aromatic N) is 3. The highest BCUT2D eigenvalue weighted by atomic mass is 16.7. The Morgan fingerprint density at radius 1 is 1.47 bits per heavy atom. The van der Waals surface area contributed by atoms with Gasteiger partial charge in [-0.05, 0) is 18.1 Å². The van der Waals surface area contributed by atoms with Crippen molar-refractivity contribution >= 4 is 5.71 Å². The van der Waals surface area contributed by atoms with Gasteiger partial charge in [0.05, 0.1) is 5.71 Å². The molecule has 0 bridgehead atoms. The summed E-state index contributed by atoms with van der Waals surface area (Å²) >= 11 is 0. The van der Waals surface area contributed by atoms with Gasteiger partial charge in [-0.3, -0.25) is 4.90 Å². The summed E-state index contributed by atoms with van der Waals surface area (Å²) < 4.78 is 2.19. The first-order valence-electron chi connectivity index (χ1n) is 7.15. The van der Waals surface area contributed by atoms with Crippen LogP contribution in [0.2, 0.25) is 0 Å². The molecule has 0 aromatic carbocycles. The van der Waals surface area contributed by atoms with E-state index in [2.05, 4.69) is 53.8 Å². The molecule has 0 aliphatic carbocycles. The molecule has 2 aliphatic rings. The van der Waals surface area contributed by atoms with Crippen molar-refractivity contribution in [3.63, 3.8) is 0 Å². The average molecular weight is 261 g/mol. The maximum absolute atomic E-state index is 5.79. The molecular formula is C15H23N3O. The molecule has 0 amide bonds. The number of hydrogen-bond acceptors (Lipinski definition) is 3. The predicted octanol–water partition coefficient (Wildman–Crippen LogP) is 2.40. The molecule has 1 fully saturated rings. The van der Waals surface area contributed by atoms with Crippen LogP contribution in [0.15, 0.2) is 23.5 Å². The minimum Gasteiger partial charge on any atom is -0.387 e.